The van der Waals surface area contributed by atoms with Gasteiger partial charge in [-0.2, -0.15) is 0 Å². The van der Waals surface area contributed by atoms with Gasteiger partial charge in [-0.3, -0.25) is 9.88 Å². The lowest BCUT2D eigenvalue weighted by Gasteiger charge is -2.43. The average molecular weight is 393 g/mol. The fourth-order valence-electron chi connectivity index (χ4n) is 3.16. The number of nitrogens with zero attached hydrogens (tertiary/aromatic N) is 4. The summed E-state index contributed by atoms with van der Waals surface area (Å²) in [6.07, 6.45) is 3.44. The third-order valence-electron chi connectivity index (χ3n) is 4.69. The topological polar surface area (TPSA) is 68.2 Å². The fraction of sp³-hybridized carbons (Fsp3) is 0.474. The molecule has 8 heteroatoms. The maximum absolute atomic E-state index is 14.4. The third kappa shape index (κ3) is 4.35. The van der Waals surface area contributed by atoms with E-state index in [-0.39, 0.29) is 30.0 Å². The summed E-state index contributed by atoms with van der Waals surface area (Å²) < 4.78 is 19.8. The van der Waals surface area contributed by atoms with Gasteiger partial charge in [0.1, 0.15) is 5.82 Å². The Labute approximate surface area is 162 Å². The molecule has 1 fully saturated rings. The quantitative estimate of drug-likeness (QED) is 0.729. The van der Waals surface area contributed by atoms with Crippen LogP contribution in [0.5, 0.6) is 0 Å². The van der Waals surface area contributed by atoms with Crippen LogP contribution in [0.15, 0.2) is 30.5 Å². The highest BCUT2D eigenvalue weighted by molar-refractivity contribution is 6.29. The summed E-state index contributed by atoms with van der Waals surface area (Å²) >= 11 is 5.82. The maximum atomic E-state index is 14.4. The van der Waals surface area contributed by atoms with Gasteiger partial charge >= 0.3 is 6.09 Å². The molecule has 0 saturated heterocycles. The number of carbonyl (C=O) groups is 1. The lowest BCUT2D eigenvalue weighted by Crippen LogP contribution is -2.49. The zero-order valence-electron chi connectivity index (χ0n) is 15.4. The van der Waals surface area contributed by atoms with Crippen molar-refractivity contribution in [2.75, 3.05) is 18.1 Å². The van der Waals surface area contributed by atoms with Crippen molar-refractivity contribution in [1.29, 1.82) is 0 Å². The molecule has 0 bridgehead atoms. The van der Waals surface area contributed by atoms with Crippen LogP contribution in [0.25, 0.3) is 0 Å². The second kappa shape index (κ2) is 8.17. The van der Waals surface area contributed by atoms with Crippen molar-refractivity contribution in [3.8, 4) is 0 Å². The zero-order chi connectivity index (χ0) is 19.4. The summed E-state index contributed by atoms with van der Waals surface area (Å²) in [7, 11) is 0. The number of amides is 1. The molecule has 0 unspecified atom stereocenters. The Morgan fingerprint density at radius 3 is 2.67 bits per heavy atom. The summed E-state index contributed by atoms with van der Waals surface area (Å²) in [5, 5.41) is 8.06. The van der Waals surface area contributed by atoms with Gasteiger partial charge in [0.25, 0.3) is 0 Å². The summed E-state index contributed by atoms with van der Waals surface area (Å²) in [6, 6.07) is 6.12. The first kappa shape index (κ1) is 19.5. The van der Waals surface area contributed by atoms with Crippen molar-refractivity contribution < 1.29 is 13.9 Å². The van der Waals surface area contributed by atoms with Crippen LogP contribution in [-0.4, -0.2) is 34.4 Å². The molecular weight excluding hydrogens is 371 g/mol. The molecule has 6 nitrogen and oxygen atoms in total. The molecule has 2 aromatic heterocycles. The van der Waals surface area contributed by atoms with Gasteiger partial charge < -0.3 is 4.74 Å². The van der Waals surface area contributed by atoms with Crippen LogP contribution < -0.4 is 4.90 Å². The van der Waals surface area contributed by atoms with Gasteiger partial charge in [-0.1, -0.05) is 31.9 Å². The molecule has 144 valence electrons. The number of hydrogen-bond acceptors (Lipinski definition) is 5. The zero-order valence-corrected chi connectivity index (χ0v) is 16.1. The van der Waals surface area contributed by atoms with Gasteiger partial charge in [0, 0.05) is 18.2 Å². The number of pyridine rings is 1. The molecule has 27 heavy (non-hydrogen) atoms. The number of anilines is 1. The molecular formula is C19H22ClFN4O2. The standard InChI is InChI=1S/C19H22ClFN4O2/c1-13(2)11-27-18(26)25(16-7-6-15(20)23-24-16)12-19(8-4-9-19)17-14(21)5-3-10-22-17/h3,5-7,10,13H,4,8-9,11-12H2,1-2H3. The number of ether oxygens (including phenoxy) is 1. The second-order valence-electron chi connectivity index (χ2n) is 7.24. The highest BCUT2D eigenvalue weighted by Crippen LogP contribution is 2.45. The molecule has 0 N–H and O–H groups in total. The van der Waals surface area contributed by atoms with Crippen LogP contribution in [0.4, 0.5) is 15.0 Å². The van der Waals surface area contributed by atoms with E-state index in [1.165, 1.54) is 11.0 Å². The minimum atomic E-state index is -0.566. The van der Waals surface area contributed by atoms with E-state index in [2.05, 4.69) is 15.2 Å². The molecule has 0 aromatic carbocycles. The average Bonchev–Trinajstić information content (AvgIpc) is 2.61. The summed E-state index contributed by atoms with van der Waals surface area (Å²) in [4.78, 5) is 18.4. The van der Waals surface area contributed by atoms with Gasteiger partial charge in [-0.25, -0.2) is 9.18 Å². The Bertz CT molecular complexity index is 797. The van der Waals surface area contributed by atoms with Crippen LogP contribution in [0.3, 0.4) is 0 Å². The lowest BCUT2D eigenvalue weighted by molar-refractivity contribution is 0.134. The monoisotopic (exact) mass is 392 g/mol. The number of carbonyl (C=O) groups excluding carboxylic acids is 1. The van der Waals surface area contributed by atoms with Gasteiger partial charge in [0.2, 0.25) is 0 Å². The fourth-order valence-corrected chi connectivity index (χ4v) is 3.26. The first-order valence-corrected chi connectivity index (χ1v) is 9.33. The Balaban J connectivity index is 1.91. The Kier molecular flexibility index (Phi) is 5.89. The van der Waals surface area contributed by atoms with Gasteiger partial charge in [0.05, 0.1) is 12.3 Å². The van der Waals surface area contributed by atoms with Crippen LogP contribution in [-0.2, 0) is 10.2 Å². The van der Waals surface area contributed by atoms with Crippen LogP contribution in [0, 0.1) is 11.7 Å². The molecule has 0 spiro atoms. The van der Waals surface area contributed by atoms with Crippen LogP contribution >= 0.6 is 11.6 Å². The van der Waals surface area contributed by atoms with E-state index in [9.17, 15) is 9.18 Å². The van der Waals surface area contributed by atoms with Crippen molar-refractivity contribution >= 4 is 23.5 Å². The van der Waals surface area contributed by atoms with Crippen LogP contribution in [0.1, 0.15) is 38.8 Å². The highest BCUT2D eigenvalue weighted by Gasteiger charge is 2.45. The Morgan fingerprint density at radius 1 is 1.33 bits per heavy atom. The van der Waals surface area contributed by atoms with Crippen LogP contribution in [0.2, 0.25) is 5.15 Å². The van der Waals surface area contributed by atoms with E-state index in [0.29, 0.717) is 11.5 Å². The van der Waals surface area contributed by atoms with Gasteiger partial charge in [-0.15, -0.1) is 10.2 Å². The minimum Gasteiger partial charge on any atom is -0.449 e. The van der Waals surface area contributed by atoms with E-state index >= 15 is 0 Å². The molecule has 0 aliphatic heterocycles. The van der Waals surface area contributed by atoms with E-state index < -0.39 is 11.5 Å². The summed E-state index contributed by atoms with van der Waals surface area (Å²) in [5.41, 5.74) is -0.191. The smallest absolute Gasteiger partial charge is 0.415 e. The molecule has 1 aliphatic rings. The molecule has 0 atom stereocenters. The summed E-state index contributed by atoms with van der Waals surface area (Å²) in [6.45, 7) is 4.41. The number of rotatable bonds is 6. The molecule has 0 radical (unpaired) electrons. The normalized spacial score (nSPS) is 15.3. The number of aromatic nitrogens is 3. The van der Waals surface area contributed by atoms with Crippen molar-refractivity contribution in [1.82, 2.24) is 15.2 Å². The SMILES string of the molecule is CC(C)COC(=O)N(CC1(c2ncccc2F)CCC1)c1ccc(Cl)nn1. The number of halogens is 2. The maximum Gasteiger partial charge on any atom is 0.415 e. The predicted molar refractivity (Wildman–Crippen MR) is 100 cm³/mol. The van der Waals surface area contributed by atoms with Crippen molar-refractivity contribution in [2.24, 2.45) is 5.92 Å². The Hall–Kier alpha value is -2.28. The molecule has 3 rings (SSSR count). The molecule has 2 heterocycles. The molecule has 2 aromatic rings. The van der Waals surface area contributed by atoms with Crippen molar-refractivity contribution in [3.05, 3.63) is 47.1 Å². The van der Waals surface area contributed by atoms with Gasteiger partial charge in [0.15, 0.2) is 11.0 Å². The van der Waals surface area contributed by atoms with Gasteiger partial charge in [-0.05, 0) is 43.0 Å². The van der Waals surface area contributed by atoms with Crippen molar-refractivity contribution in [3.63, 3.8) is 0 Å². The highest BCUT2D eigenvalue weighted by atomic mass is 35.5. The predicted octanol–water partition coefficient (Wildman–Crippen LogP) is 4.39. The van der Waals surface area contributed by atoms with E-state index in [1.54, 1.807) is 24.4 Å². The van der Waals surface area contributed by atoms with E-state index in [4.69, 9.17) is 16.3 Å². The Morgan fingerprint density at radius 2 is 2.11 bits per heavy atom. The largest absolute Gasteiger partial charge is 0.449 e. The van der Waals surface area contributed by atoms with E-state index in [0.717, 1.165) is 19.3 Å². The first-order chi connectivity index (χ1) is 12.9. The minimum absolute atomic E-state index is 0.193. The second-order valence-corrected chi connectivity index (χ2v) is 7.63. The lowest BCUT2D eigenvalue weighted by atomic mass is 9.66. The first-order valence-electron chi connectivity index (χ1n) is 8.96. The van der Waals surface area contributed by atoms with Crippen molar-refractivity contribution in [2.45, 2.75) is 38.5 Å². The molecule has 1 saturated carbocycles. The number of hydrogen-bond donors (Lipinski definition) is 0. The molecule has 1 amide bonds. The third-order valence-corrected chi connectivity index (χ3v) is 4.89. The molecule has 1 aliphatic carbocycles. The summed E-state index contributed by atoms with van der Waals surface area (Å²) in [5.74, 6) is 0.142. The van der Waals surface area contributed by atoms with E-state index in [1.807, 2.05) is 13.8 Å².